The molecule has 2 rings (SSSR count). The standard InChI is InChI=1S/C19H30ClN5O.HI/c1-19(2,3)17(26)22-8-9-23-18(21-4)25-12-10-24(11-13-25)16-7-5-6-15(20)14-16;/h5-7,14H,8-13H2,1-4H3,(H,21,23)(H,22,26);1H. The quantitative estimate of drug-likeness (QED) is 0.285. The zero-order valence-electron chi connectivity index (χ0n) is 16.6. The number of amides is 1. The third-order valence-corrected chi connectivity index (χ3v) is 4.57. The Balaban J connectivity index is 0.00000364. The van der Waals surface area contributed by atoms with E-state index in [-0.39, 0.29) is 35.3 Å². The lowest BCUT2D eigenvalue weighted by Crippen LogP contribution is -2.53. The Labute approximate surface area is 184 Å². The second kappa shape index (κ2) is 10.9. The summed E-state index contributed by atoms with van der Waals surface area (Å²) in [4.78, 5) is 20.8. The predicted octanol–water partition coefficient (Wildman–Crippen LogP) is 2.82. The van der Waals surface area contributed by atoms with E-state index in [2.05, 4.69) is 31.5 Å². The van der Waals surface area contributed by atoms with Crippen molar-refractivity contribution in [1.82, 2.24) is 15.5 Å². The summed E-state index contributed by atoms with van der Waals surface area (Å²) in [7, 11) is 1.79. The highest BCUT2D eigenvalue weighted by Crippen LogP contribution is 2.20. The molecule has 27 heavy (non-hydrogen) atoms. The summed E-state index contributed by atoms with van der Waals surface area (Å²) in [6.45, 7) is 10.6. The van der Waals surface area contributed by atoms with Crippen LogP contribution in [0.1, 0.15) is 20.8 Å². The van der Waals surface area contributed by atoms with E-state index in [9.17, 15) is 4.79 Å². The number of benzene rings is 1. The van der Waals surface area contributed by atoms with E-state index in [1.807, 2.05) is 39.0 Å². The molecule has 0 aromatic heterocycles. The van der Waals surface area contributed by atoms with Gasteiger partial charge >= 0.3 is 0 Å². The minimum absolute atomic E-state index is 0. The highest BCUT2D eigenvalue weighted by atomic mass is 127. The molecule has 0 saturated carbocycles. The Hall–Kier alpha value is -1.22. The molecule has 0 unspecified atom stereocenters. The van der Waals surface area contributed by atoms with Crippen LogP contribution in [0.15, 0.2) is 29.3 Å². The second-order valence-corrected chi connectivity index (χ2v) is 7.87. The first-order valence-corrected chi connectivity index (χ1v) is 9.43. The van der Waals surface area contributed by atoms with Crippen LogP contribution in [0.4, 0.5) is 5.69 Å². The monoisotopic (exact) mass is 507 g/mol. The number of rotatable bonds is 4. The number of hydrogen-bond acceptors (Lipinski definition) is 3. The van der Waals surface area contributed by atoms with Crippen molar-refractivity contribution in [3.05, 3.63) is 29.3 Å². The fraction of sp³-hybridized carbons (Fsp3) is 0.579. The van der Waals surface area contributed by atoms with Gasteiger partial charge in [-0.2, -0.15) is 0 Å². The molecule has 1 fully saturated rings. The number of carbonyl (C=O) groups excluding carboxylic acids is 1. The van der Waals surface area contributed by atoms with Gasteiger partial charge in [-0.25, -0.2) is 0 Å². The molecule has 1 aliphatic rings. The van der Waals surface area contributed by atoms with Crippen LogP contribution in [0.5, 0.6) is 0 Å². The SMILES string of the molecule is CN=C(NCCNC(=O)C(C)(C)C)N1CCN(c2cccc(Cl)c2)CC1.I. The molecule has 1 amide bonds. The maximum absolute atomic E-state index is 11.9. The number of nitrogens with zero attached hydrogens (tertiary/aromatic N) is 3. The van der Waals surface area contributed by atoms with Crippen LogP contribution < -0.4 is 15.5 Å². The van der Waals surface area contributed by atoms with Crippen LogP contribution in [0.25, 0.3) is 0 Å². The number of nitrogens with one attached hydrogen (secondary N) is 2. The number of piperazine rings is 1. The number of hydrogen-bond donors (Lipinski definition) is 2. The van der Waals surface area contributed by atoms with Crippen molar-refractivity contribution < 1.29 is 4.79 Å². The van der Waals surface area contributed by atoms with Crippen molar-refractivity contribution in [3.8, 4) is 0 Å². The first kappa shape index (κ1) is 23.8. The van der Waals surface area contributed by atoms with Crippen LogP contribution in [-0.2, 0) is 4.79 Å². The van der Waals surface area contributed by atoms with Crippen LogP contribution in [0, 0.1) is 5.41 Å². The first-order chi connectivity index (χ1) is 12.3. The summed E-state index contributed by atoms with van der Waals surface area (Å²) in [5.41, 5.74) is 0.795. The molecule has 0 spiro atoms. The minimum Gasteiger partial charge on any atom is -0.368 e. The Kier molecular flexibility index (Phi) is 9.66. The fourth-order valence-electron chi connectivity index (χ4n) is 2.80. The molecule has 152 valence electrons. The summed E-state index contributed by atoms with van der Waals surface area (Å²) in [5, 5.41) is 7.04. The Morgan fingerprint density at radius 1 is 1.15 bits per heavy atom. The number of carbonyl (C=O) groups is 1. The largest absolute Gasteiger partial charge is 0.368 e. The van der Waals surface area contributed by atoms with Gasteiger partial charge in [0.05, 0.1) is 0 Å². The van der Waals surface area contributed by atoms with Crippen molar-refractivity contribution in [1.29, 1.82) is 0 Å². The molecule has 1 aromatic rings. The van der Waals surface area contributed by atoms with Gasteiger partial charge in [-0.1, -0.05) is 38.4 Å². The summed E-state index contributed by atoms with van der Waals surface area (Å²) < 4.78 is 0. The first-order valence-electron chi connectivity index (χ1n) is 9.05. The van der Waals surface area contributed by atoms with Gasteiger partial charge in [0, 0.05) is 62.4 Å². The normalized spacial score (nSPS) is 15.2. The Morgan fingerprint density at radius 3 is 2.33 bits per heavy atom. The van der Waals surface area contributed by atoms with E-state index in [4.69, 9.17) is 11.6 Å². The number of halogens is 2. The van der Waals surface area contributed by atoms with Gasteiger partial charge in [0.1, 0.15) is 0 Å². The highest BCUT2D eigenvalue weighted by molar-refractivity contribution is 14.0. The van der Waals surface area contributed by atoms with Crippen molar-refractivity contribution in [3.63, 3.8) is 0 Å². The topological polar surface area (TPSA) is 60.0 Å². The van der Waals surface area contributed by atoms with Gasteiger partial charge in [-0.15, -0.1) is 24.0 Å². The summed E-state index contributed by atoms with van der Waals surface area (Å²) in [6.07, 6.45) is 0. The molecule has 1 heterocycles. The van der Waals surface area contributed by atoms with Gasteiger partial charge in [0.25, 0.3) is 0 Å². The van der Waals surface area contributed by atoms with Crippen molar-refractivity contribution in [2.45, 2.75) is 20.8 Å². The van der Waals surface area contributed by atoms with Crippen LogP contribution in [-0.4, -0.2) is 63.1 Å². The van der Waals surface area contributed by atoms with Crippen molar-refractivity contribution >= 4 is 53.1 Å². The summed E-state index contributed by atoms with van der Waals surface area (Å²) in [6, 6.07) is 7.97. The smallest absolute Gasteiger partial charge is 0.225 e. The van der Waals surface area contributed by atoms with E-state index in [0.29, 0.717) is 13.1 Å². The van der Waals surface area contributed by atoms with E-state index in [0.717, 1.165) is 42.8 Å². The maximum atomic E-state index is 11.9. The molecular weight excluding hydrogens is 477 g/mol. The molecule has 1 saturated heterocycles. The molecule has 2 N–H and O–H groups in total. The summed E-state index contributed by atoms with van der Waals surface area (Å²) >= 11 is 6.09. The highest BCUT2D eigenvalue weighted by Gasteiger charge is 2.21. The minimum atomic E-state index is -0.363. The molecule has 1 aliphatic heterocycles. The zero-order valence-corrected chi connectivity index (χ0v) is 19.7. The molecule has 6 nitrogen and oxygen atoms in total. The fourth-order valence-corrected chi connectivity index (χ4v) is 2.98. The average molecular weight is 508 g/mol. The molecule has 0 atom stereocenters. The molecular formula is C19H31ClIN5O. The molecule has 1 aromatic carbocycles. The van der Waals surface area contributed by atoms with E-state index < -0.39 is 0 Å². The van der Waals surface area contributed by atoms with E-state index in [1.165, 1.54) is 0 Å². The Morgan fingerprint density at radius 2 is 1.78 bits per heavy atom. The number of aliphatic imine (C=N–C) groups is 1. The van der Waals surface area contributed by atoms with Crippen LogP contribution >= 0.6 is 35.6 Å². The van der Waals surface area contributed by atoms with Crippen molar-refractivity contribution in [2.24, 2.45) is 10.4 Å². The number of guanidine groups is 1. The van der Waals surface area contributed by atoms with E-state index in [1.54, 1.807) is 7.05 Å². The molecule has 0 aliphatic carbocycles. The lowest BCUT2D eigenvalue weighted by molar-refractivity contribution is -0.128. The summed E-state index contributed by atoms with van der Waals surface area (Å²) in [5.74, 6) is 0.935. The molecule has 0 radical (unpaired) electrons. The predicted molar refractivity (Wildman–Crippen MR) is 124 cm³/mol. The van der Waals surface area contributed by atoms with Crippen LogP contribution in [0.2, 0.25) is 5.02 Å². The lowest BCUT2D eigenvalue weighted by Gasteiger charge is -2.37. The maximum Gasteiger partial charge on any atom is 0.225 e. The van der Waals surface area contributed by atoms with Crippen LogP contribution in [0.3, 0.4) is 0 Å². The van der Waals surface area contributed by atoms with Gasteiger partial charge in [-0.05, 0) is 18.2 Å². The molecule has 0 bridgehead atoms. The zero-order chi connectivity index (χ0) is 19.2. The van der Waals surface area contributed by atoms with Gasteiger partial charge < -0.3 is 20.4 Å². The number of anilines is 1. The third-order valence-electron chi connectivity index (χ3n) is 4.34. The van der Waals surface area contributed by atoms with Crippen molar-refractivity contribution in [2.75, 3.05) is 51.2 Å². The second-order valence-electron chi connectivity index (χ2n) is 7.43. The average Bonchev–Trinajstić information content (AvgIpc) is 2.61. The lowest BCUT2D eigenvalue weighted by atomic mass is 9.96. The molecule has 8 heteroatoms. The van der Waals surface area contributed by atoms with Gasteiger partial charge in [0.15, 0.2) is 5.96 Å². The third kappa shape index (κ3) is 7.37. The van der Waals surface area contributed by atoms with E-state index >= 15 is 0 Å². The van der Waals surface area contributed by atoms with Gasteiger partial charge in [0.2, 0.25) is 5.91 Å². The van der Waals surface area contributed by atoms with Gasteiger partial charge in [-0.3, -0.25) is 9.79 Å². The Bertz CT molecular complexity index is 639.